The zero-order chi connectivity index (χ0) is 21.8. The number of amides is 2. The van der Waals surface area contributed by atoms with Gasteiger partial charge in [-0.05, 0) is 50.5 Å². The average molecular weight is 445 g/mol. The predicted molar refractivity (Wildman–Crippen MR) is 121 cm³/mol. The van der Waals surface area contributed by atoms with Gasteiger partial charge < -0.3 is 4.90 Å². The Morgan fingerprint density at radius 1 is 1.23 bits per heavy atom. The summed E-state index contributed by atoms with van der Waals surface area (Å²) in [5.74, 6) is 1.21. The van der Waals surface area contributed by atoms with Gasteiger partial charge in [0, 0.05) is 44.5 Å². The molecule has 2 fully saturated rings. The molecule has 168 valence electrons. The summed E-state index contributed by atoms with van der Waals surface area (Å²) in [5.41, 5.74) is 1.43. The van der Waals surface area contributed by atoms with Crippen molar-refractivity contribution in [3.8, 4) is 0 Å². The molecule has 8 nitrogen and oxygen atoms in total. The highest BCUT2D eigenvalue weighted by Crippen LogP contribution is 2.24. The van der Waals surface area contributed by atoms with Crippen LogP contribution in [0.2, 0.25) is 0 Å². The van der Waals surface area contributed by atoms with Crippen LogP contribution in [0.4, 0.5) is 5.13 Å². The zero-order valence-corrected chi connectivity index (χ0v) is 19.2. The van der Waals surface area contributed by atoms with Crippen molar-refractivity contribution in [1.29, 1.82) is 0 Å². The molecule has 0 bridgehead atoms. The van der Waals surface area contributed by atoms with Crippen molar-refractivity contribution >= 4 is 28.3 Å². The molecule has 1 N–H and O–H groups in total. The Morgan fingerprint density at radius 2 is 2.03 bits per heavy atom. The number of thiazole rings is 1. The molecule has 2 aromatic heterocycles. The van der Waals surface area contributed by atoms with E-state index in [-0.39, 0.29) is 11.8 Å². The molecule has 0 aromatic carbocycles. The summed E-state index contributed by atoms with van der Waals surface area (Å²) in [7, 11) is 1.84. The summed E-state index contributed by atoms with van der Waals surface area (Å²) >= 11 is 1.40. The Bertz CT molecular complexity index is 888. The molecule has 0 radical (unpaired) electrons. The van der Waals surface area contributed by atoms with Gasteiger partial charge in [-0.2, -0.15) is 5.10 Å². The van der Waals surface area contributed by atoms with Crippen molar-refractivity contribution in [2.75, 3.05) is 38.0 Å². The second-order valence-electron chi connectivity index (χ2n) is 8.97. The van der Waals surface area contributed by atoms with E-state index in [0.29, 0.717) is 29.1 Å². The molecule has 1 atom stereocenters. The minimum absolute atomic E-state index is 0.165. The average Bonchev–Trinajstić information content (AvgIpc) is 3.38. The van der Waals surface area contributed by atoms with E-state index < -0.39 is 0 Å². The van der Waals surface area contributed by atoms with Crippen molar-refractivity contribution in [1.82, 2.24) is 24.6 Å². The lowest BCUT2D eigenvalue weighted by Gasteiger charge is -2.35. The first-order valence-electron chi connectivity index (χ1n) is 11.2. The van der Waals surface area contributed by atoms with Gasteiger partial charge in [0.2, 0.25) is 5.91 Å². The van der Waals surface area contributed by atoms with Gasteiger partial charge in [-0.15, -0.1) is 11.3 Å². The molecule has 4 heterocycles. The second kappa shape index (κ2) is 9.91. The molecule has 31 heavy (non-hydrogen) atoms. The normalized spacial score (nSPS) is 20.7. The Kier molecular flexibility index (Phi) is 7.02. The van der Waals surface area contributed by atoms with Crippen molar-refractivity contribution in [2.24, 2.45) is 18.9 Å². The first kappa shape index (κ1) is 22.0. The highest BCUT2D eigenvalue weighted by atomic mass is 32.1. The molecule has 2 aliphatic rings. The van der Waals surface area contributed by atoms with Crippen LogP contribution in [0.3, 0.4) is 0 Å². The third-order valence-electron chi connectivity index (χ3n) is 6.35. The monoisotopic (exact) mass is 444 g/mol. The van der Waals surface area contributed by atoms with E-state index in [1.165, 1.54) is 24.2 Å². The van der Waals surface area contributed by atoms with E-state index in [0.717, 1.165) is 51.1 Å². The van der Waals surface area contributed by atoms with Gasteiger partial charge in [-0.3, -0.25) is 24.5 Å². The van der Waals surface area contributed by atoms with Gasteiger partial charge >= 0.3 is 0 Å². The third kappa shape index (κ3) is 5.71. The van der Waals surface area contributed by atoms with Crippen LogP contribution in [0.5, 0.6) is 0 Å². The van der Waals surface area contributed by atoms with Crippen LogP contribution in [0.25, 0.3) is 0 Å². The number of hydrogen-bond donors (Lipinski definition) is 1. The fourth-order valence-electron chi connectivity index (χ4n) is 4.71. The fraction of sp³-hybridized carbons (Fsp3) is 0.636. The molecule has 0 spiro atoms. The van der Waals surface area contributed by atoms with Crippen LogP contribution < -0.4 is 5.32 Å². The SMILES string of the molecule is C[C@@H]1CCCN(CC(=O)N2CCC(Cc3nn(C)cc3C(=O)Nc3nccs3)CC2)C1. The Hall–Kier alpha value is -2.26. The number of hydrogen-bond acceptors (Lipinski definition) is 6. The van der Waals surface area contributed by atoms with Gasteiger partial charge in [0.1, 0.15) is 0 Å². The van der Waals surface area contributed by atoms with E-state index >= 15 is 0 Å². The summed E-state index contributed by atoms with van der Waals surface area (Å²) < 4.78 is 1.70. The molecule has 2 amide bonds. The first-order valence-corrected chi connectivity index (χ1v) is 12.1. The maximum Gasteiger partial charge on any atom is 0.260 e. The number of nitrogens with one attached hydrogen (secondary N) is 1. The molecule has 9 heteroatoms. The Morgan fingerprint density at radius 3 is 2.74 bits per heavy atom. The number of rotatable bonds is 6. The fourth-order valence-corrected chi connectivity index (χ4v) is 5.23. The van der Waals surface area contributed by atoms with Gasteiger partial charge in [0.25, 0.3) is 5.91 Å². The molecule has 4 rings (SSSR count). The maximum atomic E-state index is 12.7. The number of aromatic nitrogens is 3. The minimum Gasteiger partial charge on any atom is -0.342 e. The van der Waals surface area contributed by atoms with E-state index in [1.54, 1.807) is 17.1 Å². The zero-order valence-electron chi connectivity index (χ0n) is 18.4. The van der Waals surface area contributed by atoms with Crippen molar-refractivity contribution in [3.63, 3.8) is 0 Å². The van der Waals surface area contributed by atoms with E-state index in [9.17, 15) is 9.59 Å². The predicted octanol–water partition coefficient (Wildman–Crippen LogP) is 2.64. The molecule has 0 saturated carbocycles. The second-order valence-corrected chi connectivity index (χ2v) is 9.86. The van der Waals surface area contributed by atoms with Crippen LogP contribution in [0.1, 0.15) is 48.7 Å². The number of aryl methyl sites for hydroxylation is 1. The lowest BCUT2D eigenvalue weighted by Crippen LogP contribution is -2.46. The van der Waals surface area contributed by atoms with Crippen molar-refractivity contribution in [3.05, 3.63) is 29.0 Å². The van der Waals surface area contributed by atoms with E-state index in [2.05, 4.69) is 27.2 Å². The van der Waals surface area contributed by atoms with Crippen LogP contribution >= 0.6 is 11.3 Å². The third-order valence-corrected chi connectivity index (χ3v) is 7.04. The van der Waals surface area contributed by atoms with Crippen LogP contribution in [-0.2, 0) is 18.3 Å². The highest BCUT2D eigenvalue weighted by molar-refractivity contribution is 7.13. The summed E-state index contributed by atoms with van der Waals surface area (Å²) in [6.07, 6.45) is 8.57. The number of carbonyl (C=O) groups is 2. The summed E-state index contributed by atoms with van der Waals surface area (Å²) in [6.45, 7) is 6.48. The molecule has 0 aliphatic carbocycles. The molecular formula is C22H32N6O2S. The smallest absolute Gasteiger partial charge is 0.260 e. The largest absolute Gasteiger partial charge is 0.342 e. The lowest BCUT2D eigenvalue weighted by molar-refractivity contribution is -0.134. The Labute approximate surface area is 187 Å². The number of piperidine rings is 2. The van der Waals surface area contributed by atoms with Crippen molar-refractivity contribution < 1.29 is 9.59 Å². The van der Waals surface area contributed by atoms with E-state index in [4.69, 9.17) is 0 Å². The molecule has 0 unspecified atom stereocenters. The standard InChI is InChI=1S/C22H32N6O2S/c1-16-4-3-8-27(13-16)15-20(29)28-9-5-17(6-10-28)12-19-18(14-26(2)25-19)21(30)24-22-23-7-11-31-22/h7,11,14,16-17H,3-6,8-10,12-13,15H2,1-2H3,(H,23,24,30)/t16-/m1/s1. The first-order chi connectivity index (χ1) is 15.0. The number of nitrogens with zero attached hydrogens (tertiary/aromatic N) is 5. The Balaban J connectivity index is 1.29. The van der Waals surface area contributed by atoms with Crippen LogP contribution in [0, 0.1) is 11.8 Å². The van der Waals surface area contributed by atoms with Crippen molar-refractivity contribution in [2.45, 2.75) is 39.0 Å². The van der Waals surface area contributed by atoms with E-state index in [1.807, 2.05) is 17.3 Å². The van der Waals surface area contributed by atoms with Crippen LogP contribution in [0.15, 0.2) is 17.8 Å². The molecule has 2 aromatic rings. The maximum absolute atomic E-state index is 12.7. The summed E-state index contributed by atoms with van der Waals surface area (Å²) in [6, 6.07) is 0. The summed E-state index contributed by atoms with van der Waals surface area (Å²) in [5, 5.41) is 9.82. The lowest BCUT2D eigenvalue weighted by atomic mass is 9.91. The van der Waals surface area contributed by atoms with Gasteiger partial charge in [0.05, 0.1) is 17.8 Å². The minimum atomic E-state index is -0.165. The molecular weight excluding hydrogens is 412 g/mol. The topological polar surface area (TPSA) is 83.4 Å². The molecule has 2 aliphatic heterocycles. The quantitative estimate of drug-likeness (QED) is 0.741. The van der Waals surface area contributed by atoms with Gasteiger partial charge in [0.15, 0.2) is 5.13 Å². The summed E-state index contributed by atoms with van der Waals surface area (Å²) in [4.78, 5) is 33.9. The number of likely N-dealkylation sites (tertiary alicyclic amines) is 2. The van der Waals surface area contributed by atoms with Crippen LogP contribution in [-0.4, -0.2) is 69.1 Å². The highest BCUT2D eigenvalue weighted by Gasteiger charge is 2.27. The number of anilines is 1. The molecule has 2 saturated heterocycles. The van der Waals surface area contributed by atoms with Gasteiger partial charge in [-0.25, -0.2) is 4.98 Å². The van der Waals surface area contributed by atoms with Gasteiger partial charge in [-0.1, -0.05) is 6.92 Å². The number of carbonyl (C=O) groups excluding carboxylic acids is 2.